The average Bonchev–Trinajstić information content (AvgIpc) is 1.94. The molecule has 0 saturated carbocycles. The molecule has 0 aliphatic heterocycles. The fourth-order valence-electron chi connectivity index (χ4n) is 0.919. The minimum Gasteiger partial charge on any atom is -0.480 e. The third kappa shape index (κ3) is 6.86. The lowest BCUT2D eigenvalue weighted by Gasteiger charge is -2.23. The summed E-state index contributed by atoms with van der Waals surface area (Å²) in [5.74, 6) is -0.546. The molecule has 0 aromatic rings. The summed E-state index contributed by atoms with van der Waals surface area (Å²) >= 11 is 0. The molecule has 0 amide bonds. The smallest absolute Gasteiger partial charge is 0.323 e. The van der Waals surface area contributed by atoms with E-state index in [1.54, 1.807) is 0 Å². The third-order valence-corrected chi connectivity index (χ3v) is 1.51. The Morgan fingerprint density at radius 2 is 1.93 bits per heavy atom. The molecule has 0 aromatic carbocycles. The van der Waals surface area contributed by atoms with Crippen LogP contribution in [0.25, 0.3) is 0 Å². The van der Waals surface area contributed by atoms with E-state index in [4.69, 9.17) is 9.94 Å². The van der Waals surface area contributed by atoms with Gasteiger partial charge in [0.2, 0.25) is 0 Å². The number of carbonyl (C=O) groups is 1. The number of rotatable bonds is 5. The predicted octanol–water partition coefficient (Wildman–Crippen LogP) is 1.81. The van der Waals surface area contributed by atoms with Crippen LogP contribution in [0.4, 0.5) is 0 Å². The van der Waals surface area contributed by atoms with Crippen molar-refractivity contribution in [3.8, 4) is 0 Å². The molecule has 14 heavy (non-hydrogen) atoms. The largest absolute Gasteiger partial charge is 0.480 e. The molecule has 84 valence electrons. The van der Waals surface area contributed by atoms with Crippen LogP contribution in [-0.4, -0.2) is 22.7 Å². The molecule has 4 heteroatoms. The van der Waals surface area contributed by atoms with Crippen molar-refractivity contribution in [3.05, 3.63) is 0 Å². The van der Waals surface area contributed by atoms with E-state index < -0.39 is 12.0 Å². The lowest BCUT2D eigenvalue weighted by atomic mass is 10.0. The maximum absolute atomic E-state index is 10.8. The van der Waals surface area contributed by atoms with Crippen LogP contribution in [0.5, 0.6) is 0 Å². The van der Waals surface area contributed by atoms with E-state index in [2.05, 4.69) is 5.48 Å². The molecule has 1 atom stereocenters. The second-order valence-electron chi connectivity index (χ2n) is 4.85. The van der Waals surface area contributed by atoms with E-state index >= 15 is 0 Å². The van der Waals surface area contributed by atoms with Crippen molar-refractivity contribution in [1.29, 1.82) is 0 Å². The molecule has 0 heterocycles. The first-order valence-corrected chi connectivity index (χ1v) is 4.88. The molecule has 2 N–H and O–H groups in total. The molecule has 0 spiro atoms. The lowest BCUT2D eigenvalue weighted by Crippen LogP contribution is -2.42. The van der Waals surface area contributed by atoms with Gasteiger partial charge in [-0.1, -0.05) is 13.8 Å². The van der Waals surface area contributed by atoms with E-state index in [1.165, 1.54) is 0 Å². The van der Waals surface area contributed by atoms with Gasteiger partial charge in [0.1, 0.15) is 6.04 Å². The van der Waals surface area contributed by atoms with Crippen LogP contribution in [0.1, 0.15) is 41.0 Å². The Morgan fingerprint density at radius 3 is 2.21 bits per heavy atom. The van der Waals surface area contributed by atoms with E-state index in [9.17, 15) is 4.79 Å². The van der Waals surface area contributed by atoms with Gasteiger partial charge in [-0.25, -0.2) is 0 Å². The van der Waals surface area contributed by atoms with Gasteiger partial charge in [0.25, 0.3) is 0 Å². The summed E-state index contributed by atoms with van der Waals surface area (Å²) in [6.07, 6.45) is 0.561. The minimum absolute atomic E-state index is 0.326. The molecule has 0 aliphatic rings. The Kier molecular flexibility index (Phi) is 5.08. The summed E-state index contributed by atoms with van der Waals surface area (Å²) in [7, 11) is 0. The molecule has 1 unspecified atom stereocenters. The van der Waals surface area contributed by atoms with Crippen molar-refractivity contribution in [2.24, 2.45) is 5.92 Å². The molecule has 0 radical (unpaired) electrons. The van der Waals surface area contributed by atoms with Gasteiger partial charge in [-0.15, -0.1) is 0 Å². The SMILES string of the molecule is CC(C)CC(NOC(C)(C)C)C(=O)O. The fraction of sp³-hybridized carbons (Fsp3) is 0.900. The second-order valence-corrected chi connectivity index (χ2v) is 4.85. The van der Waals surface area contributed by atoms with Gasteiger partial charge in [0.15, 0.2) is 0 Å². The molecule has 0 saturated heterocycles. The Labute approximate surface area is 85.6 Å². The zero-order valence-corrected chi connectivity index (χ0v) is 9.63. The minimum atomic E-state index is -0.872. The molecular formula is C10H21NO3. The summed E-state index contributed by atoms with van der Waals surface area (Å²) < 4.78 is 0. The first kappa shape index (κ1) is 13.4. The summed E-state index contributed by atoms with van der Waals surface area (Å²) in [5, 5.41) is 8.88. The summed E-state index contributed by atoms with van der Waals surface area (Å²) in [4.78, 5) is 16.0. The number of hydrogen-bond acceptors (Lipinski definition) is 3. The Balaban J connectivity index is 4.05. The highest BCUT2D eigenvalue weighted by molar-refractivity contribution is 5.73. The Hall–Kier alpha value is -0.610. The molecular weight excluding hydrogens is 182 g/mol. The van der Waals surface area contributed by atoms with Crippen molar-refractivity contribution < 1.29 is 14.7 Å². The van der Waals surface area contributed by atoms with Gasteiger partial charge >= 0.3 is 5.97 Å². The average molecular weight is 203 g/mol. The topological polar surface area (TPSA) is 58.6 Å². The number of carboxylic acids is 1. The summed E-state index contributed by atoms with van der Waals surface area (Å²) in [6, 6.07) is -0.630. The van der Waals surface area contributed by atoms with E-state index in [1.807, 2.05) is 34.6 Å². The Bertz CT molecular complexity index is 184. The molecule has 0 aliphatic carbocycles. The van der Waals surface area contributed by atoms with Crippen LogP contribution < -0.4 is 5.48 Å². The fourth-order valence-corrected chi connectivity index (χ4v) is 0.919. The zero-order chi connectivity index (χ0) is 11.4. The van der Waals surface area contributed by atoms with Crippen LogP contribution >= 0.6 is 0 Å². The van der Waals surface area contributed by atoms with Crippen LogP contribution in [0.3, 0.4) is 0 Å². The zero-order valence-electron chi connectivity index (χ0n) is 9.63. The van der Waals surface area contributed by atoms with E-state index in [0.29, 0.717) is 12.3 Å². The second kappa shape index (κ2) is 5.32. The van der Waals surface area contributed by atoms with Gasteiger partial charge in [0.05, 0.1) is 5.60 Å². The normalized spacial score (nSPS) is 14.4. The number of hydroxylamine groups is 1. The number of aliphatic carboxylic acids is 1. The van der Waals surface area contributed by atoms with Gasteiger partial charge < -0.3 is 5.11 Å². The molecule has 4 nitrogen and oxygen atoms in total. The van der Waals surface area contributed by atoms with Crippen LogP contribution in [0.2, 0.25) is 0 Å². The number of carboxylic acid groups (broad SMARTS) is 1. The van der Waals surface area contributed by atoms with Gasteiger partial charge in [-0.2, -0.15) is 5.48 Å². The van der Waals surface area contributed by atoms with Crippen LogP contribution in [-0.2, 0) is 9.63 Å². The van der Waals surface area contributed by atoms with E-state index in [-0.39, 0.29) is 5.60 Å². The van der Waals surface area contributed by atoms with Crippen molar-refractivity contribution in [2.75, 3.05) is 0 Å². The molecule has 0 aromatic heterocycles. The van der Waals surface area contributed by atoms with Crippen molar-refractivity contribution in [1.82, 2.24) is 5.48 Å². The molecule has 0 bridgehead atoms. The van der Waals surface area contributed by atoms with Crippen molar-refractivity contribution in [3.63, 3.8) is 0 Å². The van der Waals surface area contributed by atoms with Crippen LogP contribution in [0, 0.1) is 5.92 Å². The van der Waals surface area contributed by atoms with E-state index in [0.717, 1.165) is 0 Å². The van der Waals surface area contributed by atoms with Crippen molar-refractivity contribution >= 4 is 5.97 Å². The standard InChI is InChI=1S/C10H21NO3/c1-7(2)6-8(9(12)13)11-14-10(3,4)5/h7-8,11H,6H2,1-5H3,(H,12,13). The summed E-state index contributed by atoms with van der Waals surface area (Å²) in [6.45, 7) is 9.57. The third-order valence-electron chi connectivity index (χ3n) is 1.51. The number of nitrogens with one attached hydrogen (secondary N) is 1. The highest BCUT2D eigenvalue weighted by atomic mass is 16.7. The van der Waals surface area contributed by atoms with Gasteiger partial charge in [-0.05, 0) is 33.1 Å². The lowest BCUT2D eigenvalue weighted by molar-refractivity contribution is -0.151. The molecule has 0 fully saturated rings. The highest BCUT2D eigenvalue weighted by Gasteiger charge is 2.21. The maximum atomic E-state index is 10.8. The summed E-state index contributed by atoms with van der Waals surface area (Å²) in [5.41, 5.74) is 2.22. The molecule has 0 rings (SSSR count). The predicted molar refractivity (Wildman–Crippen MR) is 54.9 cm³/mol. The monoisotopic (exact) mass is 203 g/mol. The van der Waals surface area contributed by atoms with Crippen molar-refractivity contribution in [2.45, 2.75) is 52.7 Å². The van der Waals surface area contributed by atoms with Crippen LogP contribution in [0.15, 0.2) is 0 Å². The highest BCUT2D eigenvalue weighted by Crippen LogP contribution is 2.09. The first-order chi connectivity index (χ1) is 6.22. The quantitative estimate of drug-likeness (QED) is 0.669. The van der Waals surface area contributed by atoms with Gasteiger partial charge in [0, 0.05) is 0 Å². The van der Waals surface area contributed by atoms with Gasteiger partial charge in [-0.3, -0.25) is 9.63 Å². The maximum Gasteiger partial charge on any atom is 0.323 e. The first-order valence-electron chi connectivity index (χ1n) is 4.88. The Morgan fingerprint density at radius 1 is 1.43 bits per heavy atom. The number of hydrogen-bond donors (Lipinski definition) is 2.